The fourth-order valence-corrected chi connectivity index (χ4v) is 3.00. The van der Waals surface area contributed by atoms with E-state index in [4.69, 9.17) is 4.42 Å². The van der Waals surface area contributed by atoms with Gasteiger partial charge in [-0.3, -0.25) is 4.79 Å². The van der Waals surface area contributed by atoms with Crippen LogP contribution in [0.1, 0.15) is 29.5 Å². The van der Waals surface area contributed by atoms with Crippen molar-refractivity contribution in [3.05, 3.63) is 71.6 Å². The molecular formula is C22H27N4O2+. The molecule has 2 N–H and O–H groups in total. The smallest absolute Gasteiger partial charge is 0.247 e. The molecule has 1 heterocycles. The van der Waals surface area contributed by atoms with Gasteiger partial charge in [-0.2, -0.15) is 0 Å². The highest BCUT2D eigenvalue weighted by molar-refractivity contribution is 5.76. The molecule has 3 aromatic rings. The minimum Gasteiger partial charge on any atom is -0.421 e. The number of hydrogen-bond donors (Lipinski definition) is 2. The third-order valence-corrected chi connectivity index (χ3v) is 4.48. The fourth-order valence-electron chi connectivity index (χ4n) is 3.00. The normalized spacial score (nSPS) is 12.1. The van der Waals surface area contributed by atoms with Crippen molar-refractivity contribution < 1.29 is 14.1 Å². The second kappa shape index (κ2) is 9.28. The van der Waals surface area contributed by atoms with Crippen LogP contribution in [0, 0.1) is 6.92 Å². The molecule has 1 atom stereocenters. The monoisotopic (exact) mass is 379 g/mol. The Morgan fingerprint density at radius 1 is 1.07 bits per heavy atom. The number of quaternary nitrogens is 1. The molecule has 28 heavy (non-hydrogen) atoms. The Hall–Kier alpha value is -2.99. The van der Waals surface area contributed by atoms with Crippen molar-refractivity contribution >= 4 is 5.91 Å². The van der Waals surface area contributed by atoms with E-state index in [9.17, 15) is 4.79 Å². The summed E-state index contributed by atoms with van der Waals surface area (Å²) in [4.78, 5) is 13.8. The van der Waals surface area contributed by atoms with Crippen molar-refractivity contribution in [2.45, 2.75) is 25.8 Å². The molecule has 3 rings (SSSR count). The van der Waals surface area contributed by atoms with Crippen molar-refractivity contribution in [3.8, 4) is 11.5 Å². The van der Waals surface area contributed by atoms with Crippen molar-refractivity contribution in [2.24, 2.45) is 0 Å². The highest BCUT2D eigenvalue weighted by atomic mass is 16.4. The maximum atomic E-state index is 12.5. The minimum atomic E-state index is -0.0236. The zero-order valence-electron chi connectivity index (χ0n) is 16.6. The molecule has 0 aliphatic rings. The lowest BCUT2D eigenvalue weighted by Crippen LogP contribution is -3.06. The highest BCUT2D eigenvalue weighted by Crippen LogP contribution is 2.19. The molecule has 1 aromatic heterocycles. The number of amides is 1. The predicted molar refractivity (Wildman–Crippen MR) is 108 cm³/mol. The zero-order chi connectivity index (χ0) is 19.9. The highest BCUT2D eigenvalue weighted by Gasteiger charge is 2.18. The summed E-state index contributed by atoms with van der Waals surface area (Å²) in [5, 5.41) is 11.3. The number of rotatable bonds is 8. The molecule has 0 fully saturated rings. The lowest BCUT2D eigenvalue weighted by Gasteiger charge is -2.20. The Kier molecular flexibility index (Phi) is 6.55. The van der Waals surface area contributed by atoms with Gasteiger partial charge in [-0.25, -0.2) is 0 Å². The Bertz CT molecular complexity index is 888. The van der Waals surface area contributed by atoms with Crippen LogP contribution in [0.2, 0.25) is 0 Å². The first-order valence-corrected chi connectivity index (χ1v) is 9.54. The van der Waals surface area contributed by atoms with Gasteiger partial charge in [0.1, 0.15) is 12.6 Å². The Balaban J connectivity index is 1.58. The molecule has 6 heteroatoms. The number of benzene rings is 2. The number of hydrogen-bond acceptors (Lipinski definition) is 4. The Morgan fingerprint density at radius 3 is 2.46 bits per heavy atom. The van der Waals surface area contributed by atoms with Crippen LogP contribution in [-0.4, -0.2) is 36.7 Å². The predicted octanol–water partition coefficient (Wildman–Crippen LogP) is 1.98. The van der Waals surface area contributed by atoms with E-state index in [1.807, 2.05) is 61.5 Å². The van der Waals surface area contributed by atoms with Gasteiger partial charge in [0.15, 0.2) is 0 Å². The first-order valence-electron chi connectivity index (χ1n) is 9.54. The van der Waals surface area contributed by atoms with E-state index in [2.05, 4.69) is 29.6 Å². The third kappa shape index (κ3) is 5.50. The maximum absolute atomic E-state index is 12.5. The van der Waals surface area contributed by atoms with Crippen molar-refractivity contribution in [3.63, 3.8) is 0 Å². The lowest BCUT2D eigenvalue weighted by atomic mass is 10.1. The molecule has 146 valence electrons. The number of likely N-dealkylation sites (N-methyl/N-ethyl adjacent to an activating group) is 1. The average molecular weight is 379 g/mol. The van der Waals surface area contributed by atoms with Gasteiger partial charge < -0.3 is 14.6 Å². The molecule has 6 nitrogen and oxygen atoms in total. The molecule has 0 saturated heterocycles. The van der Waals surface area contributed by atoms with Gasteiger partial charge in [0.2, 0.25) is 17.7 Å². The second-order valence-electron chi connectivity index (χ2n) is 7.31. The van der Waals surface area contributed by atoms with Crippen LogP contribution in [0.3, 0.4) is 0 Å². The van der Waals surface area contributed by atoms with Crippen LogP contribution in [0.25, 0.3) is 11.5 Å². The number of carbonyl (C=O) groups excluding carboxylic acids is 1. The topological polar surface area (TPSA) is 72.5 Å². The van der Waals surface area contributed by atoms with E-state index < -0.39 is 0 Å². The molecule has 0 bridgehead atoms. The van der Waals surface area contributed by atoms with Crippen LogP contribution >= 0.6 is 0 Å². The van der Waals surface area contributed by atoms with Crippen LogP contribution in [0.4, 0.5) is 0 Å². The molecule has 0 radical (unpaired) electrons. The molecule has 0 saturated carbocycles. The van der Waals surface area contributed by atoms with E-state index in [1.165, 1.54) is 10.5 Å². The van der Waals surface area contributed by atoms with E-state index in [0.717, 1.165) is 17.7 Å². The number of nitrogens with zero attached hydrogens (tertiary/aromatic N) is 2. The minimum absolute atomic E-state index is 0.0230. The summed E-state index contributed by atoms with van der Waals surface area (Å²) in [6, 6.07) is 17.9. The lowest BCUT2D eigenvalue weighted by molar-refractivity contribution is -0.860. The summed E-state index contributed by atoms with van der Waals surface area (Å²) in [6.45, 7) is 2.84. The van der Waals surface area contributed by atoms with Crippen LogP contribution < -0.4 is 10.2 Å². The van der Waals surface area contributed by atoms with Crippen molar-refractivity contribution in [1.82, 2.24) is 15.5 Å². The van der Waals surface area contributed by atoms with E-state index >= 15 is 0 Å². The van der Waals surface area contributed by atoms with Gasteiger partial charge in [0.05, 0.1) is 14.1 Å². The number of aromatic nitrogens is 2. The zero-order valence-corrected chi connectivity index (χ0v) is 16.6. The van der Waals surface area contributed by atoms with E-state index in [0.29, 0.717) is 24.6 Å². The quantitative estimate of drug-likeness (QED) is 0.628. The molecule has 0 spiro atoms. The molecule has 0 aliphatic heterocycles. The molecule has 0 unspecified atom stereocenters. The molecule has 1 amide bonds. The summed E-state index contributed by atoms with van der Waals surface area (Å²) in [5.74, 6) is 0.930. The van der Waals surface area contributed by atoms with Gasteiger partial charge in [0.25, 0.3) is 0 Å². The Morgan fingerprint density at radius 2 is 1.79 bits per heavy atom. The van der Waals surface area contributed by atoms with Gasteiger partial charge in [-0.1, -0.05) is 48.0 Å². The number of aryl methyl sites for hydroxylation is 2. The average Bonchev–Trinajstić information content (AvgIpc) is 3.16. The van der Waals surface area contributed by atoms with Crippen molar-refractivity contribution in [1.29, 1.82) is 0 Å². The van der Waals surface area contributed by atoms with Gasteiger partial charge in [0, 0.05) is 18.4 Å². The van der Waals surface area contributed by atoms with E-state index in [1.54, 1.807) is 0 Å². The SMILES string of the molecule is Cc1ccc(-c2nnc(CCC(=O)N[C@@H](C[NH+](C)C)c3ccccc3)o2)cc1. The first kappa shape index (κ1) is 19.8. The summed E-state index contributed by atoms with van der Waals surface area (Å²) in [6.07, 6.45) is 0.725. The van der Waals surface area contributed by atoms with Crippen molar-refractivity contribution in [2.75, 3.05) is 20.6 Å². The summed E-state index contributed by atoms with van der Waals surface area (Å²) >= 11 is 0. The van der Waals surface area contributed by atoms with E-state index in [-0.39, 0.29) is 11.9 Å². The first-order chi connectivity index (χ1) is 13.5. The van der Waals surface area contributed by atoms with Gasteiger partial charge in [-0.05, 0) is 24.6 Å². The van der Waals surface area contributed by atoms with Crippen LogP contribution in [0.15, 0.2) is 59.0 Å². The summed E-state index contributed by atoms with van der Waals surface area (Å²) in [7, 11) is 4.15. The third-order valence-electron chi connectivity index (χ3n) is 4.48. The molecule has 0 aliphatic carbocycles. The van der Waals surface area contributed by atoms with Crippen LogP contribution in [-0.2, 0) is 11.2 Å². The standard InChI is InChI=1S/C22H26N4O2/c1-16-9-11-18(12-10-16)22-25-24-21(28-22)14-13-20(27)23-19(15-26(2)3)17-7-5-4-6-8-17/h4-12,19H,13-15H2,1-3H3,(H,23,27)/p+1/t19-/m0/s1. The number of carbonyl (C=O) groups is 1. The Labute approximate surface area is 165 Å². The molecular weight excluding hydrogens is 352 g/mol. The largest absolute Gasteiger partial charge is 0.421 e. The maximum Gasteiger partial charge on any atom is 0.247 e. The summed E-state index contributed by atoms with van der Waals surface area (Å²) in [5.41, 5.74) is 3.16. The molecule has 2 aromatic carbocycles. The summed E-state index contributed by atoms with van der Waals surface area (Å²) < 4.78 is 5.71. The van der Waals surface area contributed by atoms with Crippen LogP contribution in [0.5, 0.6) is 0 Å². The van der Waals surface area contributed by atoms with Gasteiger partial charge in [-0.15, -0.1) is 10.2 Å². The number of nitrogens with one attached hydrogen (secondary N) is 2. The van der Waals surface area contributed by atoms with Gasteiger partial charge >= 0.3 is 0 Å². The fraction of sp³-hybridized carbons (Fsp3) is 0.318. The second-order valence-corrected chi connectivity index (χ2v) is 7.31.